The molecule has 1 aromatic heterocycles. The lowest BCUT2D eigenvalue weighted by Gasteiger charge is -2.31. The lowest BCUT2D eigenvalue weighted by atomic mass is 9.95. The van der Waals surface area contributed by atoms with E-state index in [1.54, 1.807) is 0 Å². The Morgan fingerprint density at radius 1 is 1.43 bits per heavy atom. The lowest BCUT2D eigenvalue weighted by molar-refractivity contribution is 0.306. The van der Waals surface area contributed by atoms with E-state index in [0.29, 0.717) is 6.04 Å². The van der Waals surface area contributed by atoms with E-state index in [9.17, 15) is 0 Å². The van der Waals surface area contributed by atoms with Crippen LogP contribution in [0.5, 0.6) is 0 Å². The third kappa shape index (κ3) is 1.18. The van der Waals surface area contributed by atoms with E-state index in [4.69, 9.17) is 0 Å². The Labute approximate surface area is 84.1 Å². The van der Waals surface area contributed by atoms with Gasteiger partial charge >= 0.3 is 0 Å². The van der Waals surface area contributed by atoms with Gasteiger partial charge in [-0.3, -0.25) is 4.98 Å². The molecule has 0 spiro atoms. The minimum Gasteiger partial charge on any atom is -0.312 e. The number of pyridine rings is 1. The van der Waals surface area contributed by atoms with Gasteiger partial charge in [0.15, 0.2) is 0 Å². The molecule has 2 nitrogen and oxygen atoms in total. The van der Waals surface area contributed by atoms with E-state index < -0.39 is 0 Å². The lowest BCUT2D eigenvalue weighted by Crippen LogP contribution is -2.49. The van der Waals surface area contributed by atoms with E-state index in [2.05, 4.69) is 28.5 Å². The van der Waals surface area contributed by atoms with Crippen LogP contribution < -0.4 is 5.32 Å². The summed E-state index contributed by atoms with van der Waals surface area (Å²) in [4.78, 5) is 4.33. The first-order chi connectivity index (χ1) is 6.83. The molecule has 1 N–H and O–H groups in total. The SMILES string of the molecule is Cc1ccc(C2=CC3CNC3C2)cn1. The molecule has 14 heavy (non-hydrogen) atoms. The van der Waals surface area contributed by atoms with Gasteiger partial charge in [0, 0.05) is 30.4 Å². The topological polar surface area (TPSA) is 24.9 Å². The highest BCUT2D eigenvalue weighted by Crippen LogP contribution is 2.35. The largest absolute Gasteiger partial charge is 0.312 e. The number of rotatable bonds is 1. The molecule has 1 aromatic rings. The minimum absolute atomic E-state index is 0.714. The van der Waals surface area contributed by atoms with Crippen LogP contribution in [0.4, 0.5) is 0 Å². The molecule has 2 unspecified atom stereocenters. The van der Waals surface area contributed by atoms with Crippen LogP contribution in [0.15, 0.2) is 24.4 Å². The molecule has 2 atom stereocenters. The van der Waals surface area contributed by atoms with E-state index >= 15 is 0 Å². The van der Waals surface area contributed by atoms with Gasteiger partial charge < -0.3 is 5.32 Å². The highest BCUT2D eigenvalue weighted by atomic mass is 15.0. The summed E-state index contributed by atoms with van der Waals surface area (Å²) in [7, 11) is 0. The summed E-state index contributed by atoms with van der Waals surface area (Å²) >= 11 is 0. The van der Waals surface area contributed by atoms with Crippen molar-refractivity contribution >= 4 is 5.57 Å². The van der Waals surface area contributed by atoms with Gasteiger partial charge in [-0.15, -0.1) is 0 Å². The van der Waals surface area contributed by atoms with Crippen LogP contribution in [0.25, 0.3) is 5.57 Å². The van der Waals surface area contributed by atoms with Crippen LogP contribution in [0.1, 0.15) is 17.7 Å². The third-order valence-electron chi connectivity index (χ3n) is 3.27. The fourth-order valence-corrected chi connectivity index (χ4v) is 2.25. The van der Waals surface area contributed by atoms with Gasteiger partial charge in [-0.05, 0) is 30.5 Å². The zero-order chi connectivity index (χ0) is 9.54. The van der Waals surface area contributed by atoms with Crippen LogP contribution in [-0.2, 0) is 0 Å². The molecule has 1 aliphatic heterocycles. The second-order valence-corrected chi connectivity index (χ2v) is 4.26. The van der Waals surface area contributed by atoms with Crippen molar-refractivity contribution in [2.45, 2.75) is 19.4 Å². The Kier molecular flexibility index (Phi) is 1.71. The average Bonchev–Trinajstić information content (AvgIpc) is 2.45. The van der Waals surface area contributed by atoms with Gasteiger partial charge in [0.25, 0.3) is 0 Å². The van der Waals surface area contributed by atoms with Crippen LogP contribution >= 0.6 is 0 Å². The van der Waals surface area contributed by atoms with Crippen molar-refractivity contribution in [3.63, 3.8) is 0 Å². The third-order valence-corrected chi connectivity index (χ3v) is 3.27. The number of fused-ring (bicyclic) bond motifs is 1. The van der Waals surface area contributed by atoms with Gasteiger partial charge in [-0.2, -0.15) is 0 Å². The van der Waals surface area contributed by atoms with E-state index in [-0.39, 0.29) is 0 Å². The van der Waals surface area contributed by atoms with Gasteiger partial charge in [-0.25, -0.2) is 0 Å². The summed E-state index contributed by atoms with van der Waals surface area (Å²) in [5.74, 6) is 0.784. The zero-order valence-electron chi connectivity index (χ0n) is 8.33. The first-order valence-corrected chi connectivity index (χ1v) is 5.20. The summed E-state index contributed by atoms with van der Waals surface area (Å²) in [6.07, 6.45) is 5.58. The smallest absolute Gasteiger partial charge is 0.0373 e. The highest BCUT2D eigenvalue weighted by molar-refractivity contribution is 5.68. The number of aromatic nitrogens is 1. The summed E-state index contributed by atoms with van der Waals surface area (Å²) < 4.78 is 0. The molecule has 0 amide bonds. The number of nitrogens with one attached hydrogen (secondary N) is 1. The fraction of sp³-hybridized carbons (Fsp3) is 0.417. The first-order valence-electron chi connectivity index (χ1n) is 5.20. The summed E-state index contributed by atoms with van der Waals surface area (Å²) in [6.45, 7) is 3.19. The summed E-state index contributed by atoms with van der Waals surface area (Å²) in [6, 6.07) is 4.98. The van der Waals surface area contributed by atoms with Gasteiger partial charge in [0.2, 0.25) is 0 Å². The molecule has 0 saturated carbocycles. The predicted octanol–water partition coefficient (Wildman–Crippen LogP) is 1.77. The first kappa shape index (κ1) is 8.18. The fourth-order valence-electron chi connectivity index (χ4n) is 2.25. The number of hydrogen-bond acceptors (Lipinski definition) is 2. The quantitative estimate of drug-likeness (QED) is 0.723. The average molecular weight is 186 g/mol. The van der Waals surface area contributed by atoms with E-state index in [1.807, 2.05) is 13.1 Å². The zero-order valence-corrected chi connectivity index (χ0v) is 8.33. The second kappa shape index (κ2) is 2.92. The number of aryl methyl sites for hydroxylation is 1. The molecule has 3 rings (SSSR count). The van der Waals surface area contributed by atoms with Crippen molar-refractivity contribution in [2.24, 2.45) is 5.92 Å². The number of hydrogen-bond donors (Lipinski definition) is 1. The molecular weight excluding hydrogens is 172 g/mol. The molecule has 2 aliphatic rings. The van der Waals surface area contributed by atoms with Crippen LogP contribution in [0.3, 0.4) is 0 Å². The van der Waals surface area contributed by atoms with Crippen molar-refractivity contribution in [3.8, 4) is 0 Å². The molecule has 1 fully saturated rings. The Morgan fingerprint density at radius 2 is 2.36 bits per heavy atom. The molecule has 1 saturated heterocycles. The highest BCUT2D eigenvalue weighted by Gasteiger charge is 2.34. The molecular formula is C12H14N2. The Bertz CT molecular complexity index is 378. The maximum absolute atomic E-state index is 4.33. The maximum Gasteiger partial charge on any atom is 0.0373 e. The summed E-state index contributed by atoms with van der Waals surface area (Å²) in [5, 5.41) is 3.45. The van der Waals surface area contributed by atoms with E-state index in [1.165, 1.54) is 17.6 Å². The molecule has 0 bridgehead atoms. The predicted molar refractivity (Wildman–Crippen MR) is 56.8 cm³/mol. The van der Waals surface area contributed by atoms with Gasteiger partial charge in [-0.1, -0.05) is 12.1 Å². The standard InChI is InChI=1S/C12H14N2/c1-8-2-3-9(6-13-8)10-4-11-7-14-12(11)5-10/h2-4,6,11-12,14H,5,7H2,1H3. The molecule has 2 heteroatoms. The molecule has 0 radical (unpaired) electrons. The molecule has 0 aromatic carbocycles. The van der Waals surface area contributed by atoms with Crippen molar-refractivity contribution in [2.75, 3.05) is 6.54 Å². The number of nitrogens with zero attached hydrogens (tertiary/aromatic N) is 1. The summed E-state index contributed by atoms with van der Waals surface area (Å²) in [5.41, 5.74) is 3.86. The Hall–Kier alpha value is -1.15. The van der Waals surface area contributed by atoms with Crippen molar-refractivity contribution in [1.29, 1.82) is 0 Å². The van der Waals surface area contributed by atoms with Crippen molar-refractivity contribution in [1.82, 2.24) is 10.3 Å². The van der Waals surface area contributed by atoms with Crippen LogP contribution in [-0.4, -0.2) is 17.6 Å². The molecule has 72 valence electrons. The maximum atomic E-state index is 4.33. The van der Waals surface area contributed by atoms with Crippen LogP contribution in [0.2, 0.25) is 0 Å². The van der Waals surface area contributed by atoms with Crippen molar-refractivity contribution < 1.29 is 0 Å². The van der Waals surface area contributed by atoms with Crippen molar-refractivity contribution in [3.05, 3.63) is 35.7 Å². The normalized spacial score (nSPS) is 29.4. The Morgan fingerprint density at radius 3 is 2.86 bits per heavy atom. The molecule has 2 heterocycles. The van der Waals surface area contributed by atoms with Crippen LogP contribution in [0, 0.1) is 12.8 Å². The second-order valence-electron chi connectivity index (χ2n) is 4.26. The molecule has 1 aliphatic carbocycles. The minimum atomic E-state index is 0.714. The monoisotopic (exact) mass is 186 g/mol. The van der Waals surface area contributed by atoms with Gasteiger partial charge in [0.05, 0.1) is 0 Å². The van der Waals surface area contributed by atoms with E-state index in [0.717, 1.165) is 18.2 Å². The van der Waals surface area contributed by atoms with Gasteiger partial charge in [0.1, 0.15) is 0 Å². The Balaban J connectivity index is 1.89.